The Morgan fingerprint density at radius 3 is 2.83 bits per heavy atom. The minimum atomic E-state index is -0.319. The topological polar surface area (TPSA) is 124 Å². The summed E-state index contributed by atoms with van der Waals surface area (Å²) >= 11 is 0. The van der Waals surface area contributed by atoms with Crippen LogP contribution in [0.5, 0.6) is 0 Å². The average molecular weight is 413 g/mol. The molecule has 10 heteroatoms. The first-order valence-corrected chi connectivity index (χ1v) is 9.81. The lowest BCUT2D eigenvalue weighted by molar-refractivity contribution is -0.122. The lowest BCUT2D eigenvalue weighted by atomic mass is 10.2. The molecule has 2 heterocycles. The number of amides is 1. The van der Waals surface area contributed by atoms with Crippen LogP contribution in [-0.2, 0) is 16.2 Å². The highest BCUT2D eigenvalue weighted by Gasteiger charge is 2.20. The first kappa shape index (κ1) is 21.3. The maximum atomic E-state index is 13.2. The van der Waals surface area contributed by atoms with E-state index in [9.17, 15) is 9.59 Å². The fourth-order valence-corrected chi connectivity index (χ4v) is 3.22. The van der Waals surface area contributed by atoms with Crippen molar-refractivity contribution in [1.29, 1.82) is 5.41 Å². The van der Waals surface area contributed by atoms with E-state index >= 15 is 0 Å². The van der Waals surface area contributed by atoms with Crippen LogP contribution in [-0.4, -0.2) is 47.2 Å². The van der Waals surface area contributed by atoms with Gasteiger partial charge in [-0.25, -0.2) is 10.5 Å². The molecule has 4 N–H and O–H groups in total. The van der Waals surface area contributed by atoms with Gasteiger partial charge in [0.1, 0.15) is 12.6 Å². The van der Waals surface area contributed by atoms with E-state index in [1.165, 1.54) is 4.57 Å². The summed E-state index contributed by atoms with van der Waals surface area (Å²) in [6.45, 7) is 6.80. The van der Waals surface area contributed by atoms with E-state index in [-0.39, 0.29) is 42.4 Å². The minimum Gasteiger partial charge on any atom is -0.352 e. The molecule has 30 heavy (non-hydrogen) atoms. The molecule has 0 aliphatic carbocycles. The Hall–Kier alpha value is -3.40. The van der Waals surface area contributed by atoms with Crippen molar-refractivity contribution in [2.45, 2.75) is 33.4 Å². The molecule has 1 fully saturated rings. The number of rotatable bonds is 7. The van der Waals surface area contributed by atoms with Crippen molar-refractivity contribution in [3.05, 3.63) is 52.1 Å². The maximum absolute atomic E-state index is 13.2. The standard InChI is InChI=1S/C20H27N7O3/c1-4-26(16-8-6-5-7-13(16)2)18-19(29)27(14(3)9-23-18)12-17(28)22-10-15-11-24-20(21)25-30-15/h5-9,15H,4,10-12H2,1-3H3,(H,22,28)(H3,21,24,25). The third-order valence-corrected chi connectivity index (χ3v) is 4.88. The first-order valence-electron chi connectivity index (χ1n) is 9.81. The number of nitrogens with zero attached hydrogens (tertiary/aromatic N) is 3. The number of aromatic nitrogens is 2. The van der Waals surface area contributed by atoms with Gasteiger partial charge in [-0.3, -0.25) is 24.4 Å². The summed E-state index contributed by atoms with van der Waals surface area (Å²) in [5.41, 5.74) is 4.65. The normalized spacial score (nSPS) is 15.8. The van der Waals surface area contributed by atoms with Gasteiger partial charge < -0.3 is 15.5 Å². The number of hydrogen-bond acceptors (Lipinski definition) is 6. The molecule has 0 radical (unpaired) electrons. The third-order valence-electron chi connectivity index (χ3n) is 4.88. The van der Waals surface area contributed by atoms with E-state index in [0.717, 1.165) is 11.3 Å². The van der Waals surface area contributed by atoms with Gasteiger partial charge >= 0.3 is 0 Å². The van der Waals surface area contributed by atoms with E-state index in [1.54, 1.807) is 13.1 Å². The van der Waals surface area contributed by atoms with Crippen LogP contribution in [0.1, 0.15) is 18.2 Å². The van der Waals surface area contributed by atoms with Gasteiger partial charge in [-0.15, -0.1) is 0 Å². The predicted octanol–water partition coefficient (Wildman–Crippen LogP) is 0.562. The summed E-state index contributed by atoms with van der Waals surface area (Å²) in [4.78, 5) is 37.1. The van der Waals surface area contributed by atoms with Crippen molar-refractivity contribution in [2.24, 2.45) is 0 Å². The number of hydrogen-bond donors (Lipinski definition) is 4. The van der Waals surface area contributed by atoms with Crippen molar-refractivity contribution >= 4 is 23.4 Å². The van der Waals surface area contributed by atoms with Gasteiger partial charge in [0.05, 0.1) is 0 Å². The molecule has 10 nitrogen and oxygen atoms in total. The highest BCUT2D eigenvalue weighted by atomic mass is 16.7. The van der Waals surface area contributed by atoms with E-state index in [0.29, 0.717) is 18.8 Å². The van der Waals surface area contributed by atoms with E-state index in [1.807, 2.05) is 43.0 Å². The SMILES string of the molecule is CCN(c1ccccc1C)c1ncc(C)n(CC(=O)NCC2CNC(=N)NO2)c1=O. The number of carbonyl (C=O) groups excluding carboxylic acids is 1. The number of hydroxylamine groups is 1. The zero-order valence-corrected chi connectivity index (χ0v) is 17.4. The summed E-state index contributed by atoms with van der Waals surface area (Å²) in [7, 11) is 0. The van der Waals surface area contributed by atoms with Gasteiger partial charge in [0.15, 0.2) is 5.82 Å². The molecular weight excluding hydrogens is 386 g/mol. The molecule has 1 aliphatic rings. The van der Waals surface area contributed by atoms with Crippen LogP contribution in [0.2, 0.25) is 0 Å². The lowest BCUT2D eigenvalue weighted by Crippen LogP contribution is -2.53. The highest BCUT2D eigenvalue weighted by Crippen LogP contribution is 2.24. The van der Waals surface area contributed by atoms with E-state index in [2.05, 4.69) is 21.1 Å². The molecule has 0 bridgehead atoms. The van der Waals surface area contributed by atoms with Crippen LogP contribution >= 0.6 is 0 Å². The molecule has 0 saturated carbocycles. The Balaban J connectivity index is 1.75. The van der Waals surface area contributed by atoms with E-state index in [4.69, 9.17) is 10.2 Å². The van der Waals surface area contributed by atoms with Crippen molar-refractivity contribution in [3.8, 4) is 0 Å². The molecule has 1 saturated heterocycles. The van der Waals surface area contributed by atoms with Crippen LogP contribution in [0.4, 0.5) is 11.5 Å². The Kier molecular flexibility index (Phi) is 6.68. The summed E-state index contributed by atoms with van der Waals surface area (Å²) in [5.74, 6) is 0.0615. The summed E-state index contributed by atoms with van der Waals surface area (Å²) in [6, 6.07) is 7.80. The molecule has 1 aliphatic heterocycles. The van der Waals surface area contributed by atoms with Crippen LogP contribution in [0.25, 0.3) is 0 Å². The molecule has 1 amide bonds. The molecule has 3 rings (SSSR count). The van der Waals surface area contributed by atoms with E-state index < -0.39 is 0 Å². The van der Waals surface area contributed by atoms with Crippen LogP contribution in [0.15, 0.2) is 35.3 Å². The number of guanidine groups is 1. The van der Waals surface area contributed by atoms with Crippen molar-refractivity contribution in [2.75, 3.05) is 24.5 Å². The van der Waals surface area contributed by atoms with Gasteiger partial charge in [-0.05, 0) is 32.4 Å². The Morgan fingerprint density at radius 1 is 1.40 bits per heavy atom. The molecule has 1 unspecified atom stereocenters. The zero-order valence-electron chi connectivity index (χ0n) is 17.4. The van der Waals surface area contributed by atoms with Crippen LogP contribution in [0.3, 0.4) is 0 Å². The number of anilines is 2. The third kappa shape index (κ3) is 4.77. The van der Waals surface area contributed by atoms with Crippen LogP contribution in [0, 0.1) is 19.3 Å². The van der Waals surface area contributed by atoms with Gasteiger partial charge in [0.2, 0.25) is 11.9 Å². The quantitative estimate of drug-likeness (QED) is 0.523. The molecule has 2 aromatic rings. The molecular formula is C20H27N7O3. The largest absolute Gasteiger partial charge is 0.352 e. The first-order chi connectivity index (χ1) is 14.4. The summed E-state index contributed by atoms with van der Waals surface area (Å²) in [5, 5.41) is 12.9. The second-order valence-corrected chi connectivity index (χ2v) is 7.05. The fourth-order valence-electron chi connectivity index (χ4n) is 3.22. The highest BCUT2D eigenvalue weighted by molar-refractivity contribution is 5.77. The maximum Gasteiger partial charge on any atom is 0.294 e. The predicted molar refractivity (Wildman–Crippen MR) is 114 cm³/mol. The van der Waals surface area contributed by atoms with Crippen LogP contribution < -0.4 is 26.6 Å². The molecule has 1 aromatic carbocycles. The number of carbonyl (C=O) groups is 1. The minimum absolute atomic E-state index is 0.0817. The number of aryl methyl sites for hydroxylation is 2. The Morgan fingerprint density at radius 2 is 2.17 bits per heavy atom. The summed E-state index contributed by atoms with van der Waals surface area (Å²) < 4.78 is 1.42. The van der Waals surface area contributed by atoms with Crippen molar-refractivity contribution in [1.82, 2.24) is 25.7 Å². The lowest BCUT2D eigenvalue weighted by Gasteiger charge is -2.25. The fraction of sp³-hybridized carbons (Fsp3) is 0.400. The zero-order chi connectivity index (χ0) is 21.7. The van der Waals surface area contributed by atoms with Gasteiger partial charge in [-0.2, -0.15) is 0 Å². The summed E-state index contributed by atoms with van der Waals surface area (Å²) in [6.07, 6.45) is 1.29. The molecule has 160 valence electrons. The monoisotopic (exact) mass is 413 g/mol. The number of benzene rings is 1. The molecule has 1 atom stereocenters. The van der Waals surface area contributed by atoms with Crippen molar-refractivity contribution < 1.29 is 9.63 Å². The van der Waals surface area contributed by atoms with Gasteiger partial charge in [-0.1, -0.05) is 18.2 Å². The second-order valence-electron chi connectivity index (χ2n) is 7.05. The van der Waals surface area contributed by atoms with Crippen molar-refractivity contribution in [3.63, 3.8) is 0 Å². The Labute approximate surface area is 174 Å². The van der Waals surface area contributed by atoms with Gasteiger partial charge in [0, 0.05) is 37.2 Å². The Bertz CT molecular complexity index is 979. The number of nitrogens with one attached hydrogen (secondary N) is 4. The van der Waals surface area contributed by atoms with Gasteiger partial charge in [0.25, 0.3) is 5.56 Å². The second kappa shape index (κ2) is 9.40. The smallest absolute Gasteiger partial charge is 0.294 e. The molecule has 1 aromatic heterocycles. The number of para-hydroxylation sites is 1. The average Bonchev–Trinajstić information content (AvgIpc) is 2.74. The molecule has 0 spiro atoms.